The molecular formula is C24H32N2O3. The normalized spacial score (nSPS) is 12.2. The van der Waals surface area contributed by atoms with E-state index in [1.807, 2.05) is 83.1 Å². The molecule has 5 heteroatoms. The Morgan fingerprint density at radius 1 is 0.966 bits per heavy atom. The Hall–Kier alpha value is -2.82. The van der Waals surface area contributed by atoms with E-state index in [0.717, 1.165) is 16.7 Å². The molecule has 156 valence electrons. The summed E-state index contributed by atoms with van der Waals surface area (Å²) in [5, 5.41) is 2.96. The van der Waals surface area contributed by atoms with Gasteiger partial charge in [0.25, 0.3) is 5.91 Å². The van der Waals surface area contributed by atoms with Gasteiger partial charge < -0.3 is 15.0 Å². The van der Waals surface area contributed by atoms with E-state index in [0.29, 0.717) is 12.3 Å². The van der Waals surface area contributed by atoms with Crippen LogP contribution in [0.2, 0.25) is 0 Å². The van der Waals surface area contributed by atoms with Crippen LogP contribution < -0.4 is 10.1 Å². The quantitative estimate of drug-likeness (QED) is 0.769. The van der Waals surface area contributed by atoms with Gasteiger partial charge in [0.2, 0.25) is 5.91 Å². The highest BCUT2D eigenvalue weighted by atomic mass is 16.5. The van der Waals surface area contributed by atoms with E-state index in [9.17, 15) is 9.59 Å². The summed E-state index contributed by atoms with van der Waals surface area (Å²) in [6.45, 7) is 11.7. The van der Waals surface area contributed by atoms with Gasteiger partial charge in [-0.15, -0.1) is 0 Å². The van der Waals surface area contributed by atoms with Crippen LogP contribution in [-0.2, 0) is 16.1 Å². The van der Waals surface area contributed by atoms with E-state index in [1.165, 1.54) is 0 Å². The number of benzene rings is 2. The van der Waals surface area contributed by atoms with Crippen LogP contribution >= 0.6 is 0 Å². The number of aryl methyl sites for hydroxylation is 2. The molecule has 0 heterocycles. The molecule has 2 amide bonds. The summed E-state index contributed by atoms with van der Waals surface area (Å²) >= 11 is 0. The predicted molar refractivity (Wildman–Crippen MR) is 116 cm³/mol. The predicted octanol–water partition coefficient (Wildman–Crippen LogP) is 4.01. The average Bonchev–Trinajstić information content (AvgIpc) is 2.65. The molecule has 2 aromatic carbocycles. The van der Waals surface area contributed by atoms with Gasteiger partial charge in [-0.2, -0.15) is 0 Å². The van der Waals surface area contributed by atoms with E-state index in [4.69, 9.17) is 4.74 Å². The lowest BCUT2D eigenvalue weighted by Gasteiger charge is -2.31. The van der Waals surface area contributed by atoms with Crippen molar-refractivity contribution in [3.8, 4) is 5.75 Å². The number of carbonyl (C=O) groups is 2. The van der Waals surface area contributed by atoms with Crippen LogP contribution in [-0.4, -0.2) is 34.9 Å². The first-order chi connectivity index (χ1) is 13.5. The Bertz CT molecular complexity index is 821. The van der Waals surface area contributed by atoms with Crippen molar-refractivity contribution in [2.45, 2.75) is 59.7 Å². The zero-order chi connectivity index (χ0) is 21.6. The summed E-state index contributed by atoms with van der Waals surface area (Å²) in [6.07, 6.45) is 0. The van der Waals surface area contributed by atoms with Crippen LogP contribution in [0.15, 0.2) is 48.5 Å². The zero-order valence-electron chi connectivity index (χ0n) is 18.3. The maximum absolute atomic E-state index is 13.0. The molecule has 0 aliphatic carbocycles. The first-order valence-corrected chi connectivity index (χ1v) is 9.91. The fraction of sp³-hybridized carbons (Fsp3) is 0.417. The van der Waals surface area contributed by atoms with Crippen molar-refractivity contribution in [1.29, 1.82) is 0 Å². The molecular weight excluding hydrogens is 364 g/mol. The molecule has 2 rings (SSSR count). The van der Waals surface area contributed by atoms with Crippen molar-refractivity contribution < 1.29 is 14.3 Å². The summed E-state index contributed by atoms with van der Waals surface area (Å²) < 4.78 is 5.67. The Balaban J connectivity index is 2.15. The van der Waals surface area contributed by atoms with Gasteiger partial charge in [-0.1, -0.05) is 47.5 Å². The molecule has 2 aromatic rings. The molecule has 1 N–H and O–H groups in total. The Labute approximate surface area is 174 Å². The van der Waals surface area contributed by atoms with Gasteiger partial charge in [-0.25, -0.2) is 0 Å². The van der Waals surface area contributed by atoms with Crippen LogP contribution in [0.4, 0.5) is 0 Å². The van der Waals surface area contributed by atoms with Gasteiger partial charge >= 0.3 is 0 Å². The number of nitrogens with one attached hydrogen (secondary N) is 1. The number of rotatable bonds is 7. The number of ether oxygens (including phenoxy) is 1. The first-order valence-electron chi connectivity index (χ1n) is 9.91. The SMILES string of the molecule is Cc1ccc(CN(C(=O)COc2ccc(C)cc2)C(C)C(=O)NC(C)(C)C)cc1. The average molecular weight is 397 g/mol. The molecule has 29 heavy (non-hydrogen) atoms. The van der Waals surface area contributed by atoms with Crippen LogP contribution in [0.1, 0.15) is 44.4 Å². The lowest BCUT2D eigenvalue weighted by atomic mass is 10.1. The molecule has 0 bridgehead atoms. The van der Waals surface area contributed by atoms with E-state index in [1.54, 1.807) is 11.8 Å². The molecule has 1 unspecified atom stereocenters. The smallest absolute Gasteiger partial charge is 0.261 e. The van der Waals surface area contributed by atoms with E-state index in [2.05, 4.69) is 5.32 Å². The third-order valence-corrected chi connectivity index (χ3v) is 4.52. The van der Waals surface area contributed by atoms with Gasteiger partial charge in [0, 0.05) is 12.1 Å². The van der Waals surface area contributed by atoms with Crippen molar-refractivity contribution in [1.82, 2.24) is 10.2 Å². The standard InChI is InChI=1S/C24H32N2O3/c1-17-7-11-20(12-8-17)15-26(19(3)23(28)25-24(4,5)6)22(27)16-29-21-13-9-18(2)10-14-21/h7-14,19H,15-16H2,1-6H3,(H,25,28). The lowest BCUT2D eigenvalue weighted by Crippen LogP contribution is -2.53. The molecule has 5 nitrogen and oxygen atoms in total. The minimum absolute atomic E-state index is 0.123. The summed E-state index contributed by atoms with van der Waals surface area (Å²) in [7, 11) is 0. The fourth-order valence-corrected chi connectivity index (χ4v) is 2.81. The summed E-state index contributed by atoms with van der Waals surface area (Å²) in [5.41, 5.74) is 2.86. The second kappa shape index (κ2) is 9.59. The van der Waals surface area contributed by atoms with Crippen LogP contribution in [0.5, 0.6) is 5.75 Å². The monoisotopic (exact) mass is 396 g/mol. The van der Waals surface area contributed by atoms with Gasteiger partial charge in [-0.05, 0) is 59.2 Å². The molecule has 0 aromatic heterocycles. The molecule has 0 aliphatic heterocycles. The Morgan fingerprint density at radius 2 is 1.48 bits per heavy atom. The second-order valence-electron chi connectivity index (χ2n) is 8.52. The van der Waals surface area contributed by atoms with E-state index >= 15 is 0 Å². The molecule has 1 atom stereocenters. The number of amides is 2. The topological polar surface area (TPSA) is 58.6 Å². The molecule has 0 aliphatic rings. The summed E-state index contributed by atoms with van der Waals surface area (Å²) in [6, 6.07) is 14.9. The maximum atomic E-state index is 13.0. The maximum Gasteiger partial charge on any atom is 0.261 e. The van der Waals surface area contributed by atoms with Crippen LogP contribution in [0.25, 0.3) is 0 Å². The van der Waals surface area contributed by atoms with Crippen molar-refractivity contribution in [3.63, 3.8) is 0 Å². The Morgan fingerprint density at radius 3 is 2.00 bits per heavy atom. The first kappa shape index (κ1) is 22.5. The minimum Gasteiger partial charge on any atom is -0.484 e. The van der Waals surface area contributed by atoms with Crippen molar-refractivity contribution >= 4 is 11.8 Å². The minimum atomic E-state index is -0.621. The second-order valence-corrected chi connectivity index (χ2v) is 8.52. The third-order valence-electron chi connectivity index (χ3n) is 4.52. The number of hydrogen-bond acceptors (Lipinski definition) is 3. The molecule has 0 saturated carbocycles. The zero-order valence-corrected chi connectivity index (χ0v) is 18.3. The van der Waals surface area contributed by atoms with Crippen LogP contribution in [0.3, 0.4) is 0 Å². The van der Waals surface area contributed by atoms with Crippen molar-refractivity contribution in [2.24, 2.45) is 0 Å². The largest absolute Gasteiger partial charge is 0.484 e. The van der Waals surface area contributed by atoms with Crippen LogP contribution in [0, 0.1) is 13.8 Å². The summed E-state index contributed by atoms with van der Waals surface area (Å²) in [5.74, 6) is 0.210. The van der Waals surface area contributed by atoms with Crippen molar-refractivity contribution in [2.75, 3.05) is 6.61 Å². The van der Waals surface area contributed by atoms with Gasteiger partial charge in [-0.3, -0.25) is 9.59 Å². The third kappa shape index (κ3) is 7.26. The van der Waals surface area contributed by atoms with E-state index < -0.39 is 6.04 Å². The molecule has 0 saturated heterocycles. The lowest BCUT2D eigenvalue weighted by molar-refractivity contribution is -0.142. The van der Waals surface area contributed by atoms with Gasteiger partial charge in [0.1, 0.15) is 11.8 Å². The van der Waals surface area contributed by atoms with Crippen molar-refractivity contribution in [3.05, 3.63) is 65.2 Å². The number of nitrogens with zero attached hydrogens (tertiary/aromatic N) is 1. The fourth-order valence-electron chi connectivity index (χ4n) is 2.81. The van der Waals surface area contributed by atoms with Gasteiger partial charge in [0.15, 0.2) is 6.61 Å². The van der Waals surface area contributed by atoms with Gasteiger partial charge in [0.05, 0.1) is 0 Å². The van der Waals surface area contributed by atoms with E-state index in [-0.39, 0.29) is 24.0 Å². The highest BCUT2D eigenvalue weighted by molar-refractivity contribution is 5.88. The highest BCUT2D eigenvalue weighted by Crippen LogP contribution is 2.15. The number of hydrogen-bond donors (Lipinski definition) is 1. The molecule has 0 radical (unpaired) electrons. The highest BCUT2D eigenvalue weighted by Gasteiger charge is 2.28. The Kier molecular flexibility index (Phi) is 7.43. The summed E-state index contributed by atoms with van der Waals surface area (Å²) in [4.78, 5) is 27.3. The molecule has 0 fully saturated rings. The number of carbonyl (C=O) groups excluding carboxylic acids is 2. The molecule has 0 spiro atoms.